The van der Waals surface area contributed by atoms with Crippen LogP contribution >= 0.6 is 11.6 Å². The molecule has 2 rings (SSSR count). The Morgan fingerprint density at radius 1 is 1.47 bits per heavy atom. The lowest BCUT2D eigenvalue weighted by atomic mass is 10.0. The van der Waals surface area contributed by atoms with Gasteiger partial charge in [-0.2, -0.15) is 0 Å². The van der Waals surface area contributed by atoms with Gasteiger partial charge in [-0.05, 0) is 30.5 Å². The summed E-state index contributed by atoms with van der Waals surface area (Å²) in [6.45, 7) is 0.724. The second-order valence-corrected chi connectivity index (χ2v) is 4.27. The molecular weight excluding hydrogens is 244 g/mol. The summed E-state index contributed by atoms with van der Waals surface area (Å²) in [5.41, 5.74) is 1.87. The first-order chi connectivity index (χ1) is 8.18. The van der Waals surface area contributed by atoms with E-state index >= 15 is 0 Å². The molecule has 0 atom stereocenters. The first kappa shape index (κ1) is 12.2. The van der Waals surface area contributed by atoms with Crippen molar-refractivity contribution < 1.29 is 19.4 Å². The average molecular weight is 257 g/mol. The molecule has 1 aliphatic rings. The zero-order chi connectivity index (χ0) is 12.3. The summed E-state index contributed by atoms with van der Waals surface area (Å²) >= 11 is 6.12. The maximum Gasteiger partial charge on any atom is 0.303 e. The van der Waals surface area contributed by atoms with Crippen LogP contribution in [0.2, 0.25) is 5.02 Å². The molecule has 0 aromatic heterocycles. The van der Waals surface area contributed by atoms with E-state index in [1.165, 1.54) is 0 Å². The highest BCUT2D eigenvalue weighted by Crippen LogP contribution is 2.32. The van der Waals surface area contributed by atoms with Gasteiger partial charge in [0.1, 0.15) is 5.75 Å². The number of aliphatic carboxylic acids is 1. The molecule has 1 aromatic rings. The number of halogens is 1. The van der Waals surface area contributed by atoms with Crippen molar-refractivity contribution in [1.82, 2.24) is 0 Å². The number of ether oxygens (including phenoxy) is 2. The Balaban J connectivity index is 2.16. The average Bonchev–Trinajstić information content (AvgIpc) is 2.32. The Kier molecular flexibility index (Phi) is 3.86. The predicted octanol–water partition coefficient (Wildman–Crippen LogP) is 2.61. The summed E-state index contributed by atoms with van der Waals surface area (Å²) in [6, 6.07) is 3.60. The number of rotatable bonds is 4. The summed E-state index contributed by atoms with van der Waals surface area (Å²) in [4.78, 5) is 10.5. The van der Waals surface area contributed by atoms with Crippen LogP contribution in [0.1, 0.15) is 24.0 Å². The van der Waals surface area contributed by atoms with Crippen molar-refractivity contribution in [3.63, 3.8) is 0 Å². The number of hydrogen-bond acceptors (Lipinski definition) is 3. The number of carbonyl (C=O) groups is 1. The second-order valence-electron chi connectivity index (χ2n) is 3.86. The Morgan fingerprint density at radius 2 is 2.29 bits per heavy atom. The summed E-state index contributed by atoms with van der Waals surface area (Å²) in [5.74, 6) is -0.00982. The molecule has 0 fully saturated rings. The van der Waals surface area contributed by atoms with Gasteiger partial charge in [0.2, 0.25) is 0 Å². The fraction of sp³-hybridized carbons (Fsp3) is 0.417. The van der Waals surface area contributed by atoms with Gasteiger partial charge in [-0.25, -0.2) is 0 Å². The Bertz CT molecular complexity index is 431. The van der Waals surface area contributed by atoms with Gasteiger partial charge in [0.15, 0.2) is 6.79 Å². The zero-order valence-corrected chi connectivity index (χ0v) is 10.00. The van der Waals surface area contributed by atoms with Crippen LogP contribution < -0.4 is 4.74 Å². The van der Waals surface area contributed by atoms with Gasteiger partial charge in [0.25, 0.3) is 0 Å². The van der Waals surface area contributed by atoms with Gasteiger partial charge in [0.05, 0.1) is 6.61 Å². The first-order valence-corrected chi connectivity index (χ1v) is 5.79. The molecule has 92 valence electrons. The van der Waals surface area contributed by atoms with Crippen molar-refractivity contribution >= 4 is 17.6 Å². The van der Waals surface area contributed by atoms with Crippen LogP contribution in [0.3, 0.4) is 0 Å². The van der Waals surface area contributed by atoms with Gasteiger partial charge < -0.3 is 14.6 Å². The molecule has 1 N–H and O–H groups in total. The predicted molar refractivity (Wildman–Crippen MR) is 62.3 cm³/mol. The quantitative estimate of drug-likeness (QED) is 0.900. The van der Waals surface area contributed by atoms with E-state index in [9.17, 15) is 4.79 Å². The maximum atomic E-state index is 10.5. The van der Waals surface area contributed by atoms with Crippen LogP contribution in [0.25, 0.3) is 0 Å². The summed E-state index contributed by atoms with van der Waals surface area (Å²) < 4.78 is 10.6. The lowest BCUT2D eigenvalue weighted by molar-refractivity contribution is -0.137. The van der Waals surface area contributed by atoms with E-state index in [-0.39, 0.29) is 13.2 Å². The van der Waals surface area contributed by atoms with Crippen molar-refractivity contribution in [2.75, 3.05) is 6.79 Å². The van der Waals surface area contributed by atoms with E-state index in [0.717, 1.165) is 16.9 Å². The van der Waals surface area contributed by atoms with E-state index < -0.39 is 5.97 Å². The van der Waals surface area contributed by atoms with Gasteiger partial charge in [-0.3, -0.25) is 4.79 Å². The molecule has 0 aliphatic carbocycles. The number of carboxylic acid groups (broad SMARTS) is 1. The highest BCUT2D eigenvalue weighted by molar-refractivity contribution is 6.31. The number of carboxylic acids is 1. The fourth-order valence-electron chi connectivity index (χ4n) is 1.87. The maximum absolute atomic E-state index is 10.5. The molecule has 4 nitrogen and oxygen atoms in total. The summed E-state index contributed by atoms with van der Waals surface area (Å²) in [6.07, 6.45) is 1.33. The number of fused-ring (bicyclic) bond motifs is 1. The smallest absolute Gasteiger partial charge is 0.303 e. The summed E-state index contributed by atoms with van der Waals surface area (Å²) in [5, 5.41) is 9.26. The van der Waals surface area contributed by atoms with Crippen LogP contribution in [-0.4, -0.2) is 17.9 Å². The molecular formula is C12H13ClO4. The second kappa shape index (κ2) is 5.38. The van der Waals surface area contributed by atoms with Crippen molar-refractivity contribution in [3.8, 4) is 5.75 Å². The van der Waals surface area contributed by atoms with E-state index in [0.29, 0.717) is 24.5 Å². The Labute approximate surface area is 104 Å². The minimum Gasteiger partial charge on any atom is -0.481 e. The van der Waals surface area contributed by atoms with E-state index in [1.54, 1.807) is 6.07 Å². The van der Waals surface area contributed by atoms with Crippen molar-refractivity contribution in [2.45, 2.75) is 25.9 Å². The molecule has 0 amide bonds. The normalized spacial score (nSPS) is 13.9. The minimum absolute atomic E-state index is 0.141. The molecule has 1 heterocycles. The van der Waals surface area contributed by atoms with E-state index in [4.69, 9.17) is 26.2 Å². The van der Waals surface area contributed by atoms with E-state index in [2.05, 4.69) is 0 Å². The molecule has 17 heavy (non-hydrogen) atoms. The van der Waals surface area contributed by atoms with Gasteiger partial charge in [-0.1, -0.05) is 11.6 Å². The molecule has 1 aromatic carbocycles. The van der Waals surface area contributed by atoms with Crippen LogP contribution in [0.4, 0.5) is 0 Å². The van der Waals surface area contributed by atoms with Crippen molar-refractivity contribution in [3.05, 3.63) is 28.3 Å². The van der Waals surface area contributed by atoms with Crippen LogP contribution in [0.5, 0.6) is 5.75 Å². The lowest BCUT2D eigenvalue weighted by Crippen LogP contribution is -2.13. The van der Waals surface area contributed by atoms with E-state index in [1.807, 2.05) is 6.07 Å². The SMILES string of the molecule is O=C(O)CCCc1c(Cl)ccc2c1COCO2. The monoisotopic (exact) mass is 256 g/mol. The molecule has 5 heteroatoms. The first-order valence-electron chi connectivity index (χ1n) is 5.41. The number of benzene rings is 1. The largest absolute Gasteiger partial charge is 0.481 e. The van der Waals surface area contributed by atoms with Gasteiger partial charge in [-0.15, -0.1) is 0 Å². The third-order valence-electron chi connectivity index (χ3n) is 2.69. The number of hydrogen-bond donors (Lipinski definition) is 1. The molecule has 0 bridgehead atoms. The highest BCUT2D eigenvalue weighted by atomic mass is 35.5. The Hall–Kier alpha value is -1.26. The summed E-state index contributed by atoms with van der Waals surface area (Å²) in [7, 11) is 0. The highest BCUT2D eigenvalue weighted by Gasteiger charge is 2.17. The van der Waals surface area contributed by atoms with Crippen LogP contribution in [0, 0.1) is 0 Å². The van der Waals surface area contributed by atoms with Gasteiger partial charge in [0, 0.05) is 17.0 Å². The van der Waals surface area contributed by atoms with Crippen LogP contribution in [-0.2, 0) is 22.6 Å². The molecule has 0 radical (unpaired) electrons. The fourth-order valence-corrected chi connectivity index (χ4v) is 2.14. The standard InChI is InChI=1S/C12H13ClO4/c13-10-4-5-11-9(6-16-7-17-11)8(10)2-1-3-12(14)15/h4-5H,1-3,6-7H2,(H,14,15). The van der Waals surface area contributed by atoms with Gasteiger partial charge >= 0.3 is 5.97 Å². The topological polar surface area (TPSA) is 55.8 Å². The van der Waals surface area contributed by atoms with Crippen molar-refractivity contribution in [1.29, 1.82) is 0 Å². The third-order valence-corrected chi connectivity index (χ3v) is 3.05. The molecule has 1 aliphatic heterocycles. The van der Waals surface area contributed by atoms with Crippen LogP contribution in [0.15, 0.2) is 12.1 Å². The lowest BCUT2D eigenvalue weighted by Gasteiger charge is -2.21. The Morgan fingerprint density at radius 3 is 3.06 bits per heavy atom. The molecule has 0 spiro atoms. The van der Waals surface area contributed by atoms with Crippen molar-refractivity contribution in [2.24, 2.45) is 0 Å². The third kappa shape index (κ3) is 2.90. The zero-order valence-electron chi connectivity index (χ0n) is 9.24. The molecule has 0 saturated carbocycles. The molecule has 0 saturated heterocycles. The minimum atomic E-state index is -0.793. The molecule has 0 unspecified atom stereocenters.